The van der Waals surface area contributed by atoms with Crippen LogP contribution in [0.3, 0.4) is 0 Å². The summed E-state index contributed by atoms with van der Waals surface area (Å²) >= 11 is 0. The fraction of sp³-hybridized carbons (Fsp3) is 0. The Bertz CT molecular complexity index is 1780. The van der Waals surface area contributed by atoms with Crippen LogP contribution in [0.4, 0.5) is 0 Å². The van der Waals surface area contributed by atoms with Crippen molar-refractivity contribution in [2.75, 3.05) is 0 Å². The van der Waals surface area contributed by atoms with Crippen LogP contribution in [0, 0.1) is 0 Å². The number of hydrogen-bond acceptors (Lipinski definition) is 2. The second-order valence-corrected chi connectivity index (χ2v) is 9.47. The van der Waals surface area contributed by atoms with Gasteiger partial charge in [0.05, 0.1) is 11.4 Å². The predicted molar refractivity (Wildman–Crippen MR) is 159 cm³/mol. The zero-order valence-electron chi connectivity index (χ0n) is 20.8. The highest BCUT2D eigenvalue weighted by molar-refractivity contribution is 5.97. The van der Waals surface area contributed by atoms with Crippen LogP contribution in [0.2, 0.25) is 0 Å². The van der Waals surface area contributed by atoms with Gasteiger partial charge in [-0.3, -0.25) is 9.97 Å². The molecule has 2 heterocycles. The zero-order valence-corrected chi connectivity index (χ0v) is 20.8. The monoisotopic (exact) mass is 484 g/mol. The fourth-order valence-electron chi connectivity index (χ4n) is 5.35. The van der Waals surface area contributed by atoms with E-state index in [0.717, 1.165) is 33.3 Å². The molecule has 5 aromatic carbocycles. The molecule has 7 aromatic rings. The molecule has 2 nitrogen and oxygen atoms in total. The summed E-state index contributed by atoms with van der Waals surface area (Å²) in [6, 6.07) is 47.0. The Morgan fingerprint density at radius 3 is 1.26 bits per heavy atom. The Balaban J connectivity index is 1.34. The van der Waals surface area contributed by atoms with Gasteiger partial charge in [0.25, 0.3) is 0 Å². The third-order valence-corrected chi connectivity index (χ3v) is 7.17. The van der Waals surface area contributed by atoms with E-state index in [4.69, 9.17) is 9.97 Å². The summed E-state index contributed by atoms with van der Waals surface area (Å²) in [5.41, 5.74) is 8.96. The Hall–Kier alpha value is -5.08. The van der Waals surface area contributed by atoms with Crippen LogP contribution >= 0.6 is 0 Å². The molecule has 7 rings (SSSR count). The normalized spacial score (nSPS) is 11.2. The molecule has 0 N–H and O–H groups in total. The number of rotatable bonds is 4. The number of aromatic nitrogens is 2. The van der Waals surface area contributed by atoms with Crippen LogP contribution in [0.5, 0.6) is 0 Å². The maximum atomic E-state index is 4.76. The van der Waals surface area contributed by atoms with Crippen LogP contribution in [-0.4, -0.2) is 9.97 Å². The van der Waals surface area contributed by atoms with Crippen LogP contribution in [0.1, 0.15) is 0 Å². The summed E-state index contributed by atoms with van der Waals surface area (Å²) < 4.78 is 0. The van der Waals surface area contributed by atoms with Crippen LogP contribution < -0.4 is 0 Å². The van der Waals surface area contributed by atoms with Crippen molar-refractivity contribution in [3.8, 4) is 44.8 Å². The molecule has 38 heavy (non-hydrogen) atoms. The zero-order chi connectivity index (χ0) is 25.3. The van der Waals surface area contributed by atoms with E-state index < -0.39 is 0 Å². The molecule has 0 atom stereocenters. The summed E-state index contributed by atoms with van der Waals surface area (Å²) in [6.07, 6.45) is 3.79. The van der Waals surface area contributed by atoms with Crippen molar-refractivity contribution >= 4 is 21.5 Å². The van der Waals surface area contributed by atoms with Gasteiger partial charge in [-0.2, -0.15) is 0 Å². The molecule has 0 unspecified atom stereocenters. The summed E-state index contributed by atoms with van der Waals surface area (Å²) in [4.78, 5) is 9.51. The van der Waals surface area contributed by atoms with Gasteiger partial charge < -0.3 is 0 Å². The Morgan fingerprint density at radius 2 is 0.763 bits per heavy atom. The van der Waals surface area contributed by atoms with Gasteiger partial charge in [0.1, 0.15) is 0 Å². The highest BCUT2D eigenvalue weighted by Crippen LogP contribution is 2.37. The highest BCUT2D eigenvalue weighted by Gasteiger charge is 2.12. The summed E-state index contributed by atoms with van der Waals surface area (Å²) in [5, 5.41) is 4.72. The van der Waals surface area contributed by atoms with Crippen molar-refractivity contribution in [2.45, 2.75) is 0 Å². The van der Waals surface area contributed by atoms with E-state index in [2.05, 4.69) is 133 Å². The van der Waals surface area contributed by atoms with Crippen molar-refractivity contribution in [3.63, 3.8) is 0 Å². The standard InChI is InChI=1S/C36H24N2/c1-3-17-33-25(9-1)19-21-37-35(33)29-13-7-11-27(23-29)31-15-5-6-16-32(31)28-12-8-14-30(24-28)36-34-18-4-2-10-26(34)20-22-38-36/h1-24H. The van der Waals surface area contributed by atoms with Crippen molar-refractivity contribution in [1.82, 2.24) is 9.97 Å². The minimum absolute atomic E-state index is 1.01. The topological polar surface area (TPSA) is 25.8 Å². The van der Waals surface area contributed by atoms with Crippen molar-refractivity contribution in [1.29, 1.82) is 0 Å². The molecular formula is C36H24N2. The predicted octanol–water partition coefficient (Wildman–Crippen LogP) is 9.45. The minimum Gasteiger partial charge on any atom is -0.256 e. The van der Waals surface area contributed by atoms with Gasteiger partial charge in [-0.05, 0) is 57.3 Å². The number of pyridine rings is 2. The van der Waals surface area contributed by atoms with Gasteiger partial charge >= 0.3 is 0 Å². The van der Waals surface area contributed by atoms with Gasteiger partial charge in [0.15, 0.2) is 0 Å². The fourth-order valence-corrected chi connectivity index (χ4v) is 5.35. The second-order valence-electron chi connectivity index (χ2n) is 9.47. The first-order valence-electron chi connectivity index (χ1n) is 12.8. The number of nitrogens with zero attached hydrogens (tertiary/aromatic N) is 2. The lowest BCUT2D eigenvalue weighted by molar-refractivity contribution is 1.36. The molecule has 178 valence electrons. The molecule has 0 radical (unpaired) electrons. The molecule has 0 aliphatic rings. The quantitative estimate of drug-likeness (QED) is 0.249. The van der Waals surface area contributed by atoms with E-state index in [1.54, 1.807) is 0 Å². The van der Waals surface area contributed by atoms with Crippen LogP contribution in [0.15, 0.2) is 146 Å². The maximum Gasteiger partial charge on any atom is 0.0780 e. The first-order chi connectivity index (χ1) is 18.8. The minimum atomic E-state index is 1.01. The summed E-state index contributed by atoms with van der Waals surface area (Å²) in [5.74, 6) is 0. The molecule has 2 aromatic heterocycles. The molecule has 0 aliphatic carbocycles. The average Bonchev–Trinajstić information content (AvgIpc) is 3.00. The van der Waals surface area contributed by atoms with Crippen molar-refractivity contribution in [3.05, 3.63) is 146 Å². The first-order valence-corrected chi connectivity index (χ1v) is 12.8. The van der Waals surface area contributed by atoms with Gasteiger partial charge in [0, 0.05) is 34.3 Å². The van der Waals surface area contributed by atoms with Gasteiger partial charge in [-0.1, -0.05) is 109 Å². The van der Waals surface area contributed by atoms with Gasteiger partial charge in [0.2, 0.25) is 0 Å². The molecule has 0 amide bonds. The largest absolute Gasteiger partial charge is 0.256 e. The lowest BCUT2D eigenvalue weighted by Gasteiger charge is -2.13. The van der Waals surface area contributed by atoms with E-state index >= 15 is 0 Å². The lowest BCUT2D eigenvalue weighted by Crippen LogP contribution is -1.90. The van der Waals surface area contributed by atoms with Gasteiger partial charge in [-0.15, -0.1) is 0 Å². The highest BCUT2D eigenvalue weighted by atomic mass is 14.7. The molecule has 0 fully saturated rings. The molecule has 0 saturated carbocycles. The smallest absolute Gasteiger partial charge is 0.0780 e. The average molecular weight is 485 g/mol. The van der Waals surface area contributed by atoms with Crippen LogP contribution in [0.25, 0.3) is 66.3 Å². The third-order valence-electron chi connectivity index (χ3n) is 7.17. The Labute approximate surface area is 221 Å². The van der Waals surface area contributed by atoms with E-state index in [1.165, 1.54) is 33.0 Å². The molecule has 0 bridgehead atoms. The molecule has 0 aliphatic heterocycles. The molecule has 0 spiro atoms. The number of fused-ring (bicyclic) bond motifs is 2. The number of hydrogen-bond donors (Lipinski definition) is 0. The summed E-state index contributed by atoms with van der Waals surface area (Å²) in [6.45, 7) is 0. The molecule has 0 saturated heterocycles. The van der Waals surface area contributed by atoms with Crippen molar-refractivity contribution < 1.29 is 0 Å². The molecular weight excluding hydrogens is 460 g/mol. The second kappa shape index (κ2) is 9.42. The SMILES string of the molecule is c1cc(-c2ccccc2-c2cccc(-c3nccc4ccccc34)c2)cc(-c2nccc3ccccc23)c1. The van der Waals surface area contributed by atoms with Gasteiger partial charge in [-0.25, -0.2) is 0 Å². The van der Waals surface area contributed by atoms with E-state index in [9.17, 15) is 0 Å². The van der Waals surface area contributed by atoms with E-state index in [1.807, 2.05) is 12.4 Å². The first kappa shape index (κ1) is 22.1. The van der Waals surface area contributed by atoms with Crippen molar-refractivity contribution in [2.24, 2.45) is 0 Å². The molecule has 2 heteroatoms. The van der Waals surface area contributed by atoms with E-state index in [0.29, 0.717) is 0 Å². The maximum absolute atomic E-state index is 4.76. The number of benzene rings is 5. The Morgan fingerprint density at radius 1 is 0.342 bits per heavy atom. The lowest BCUT2D eigenvalue weighted by atomic mass is 9.91. The summed E-state index contributed by atoms with van der Waals surface area (Å²) in [7, 11) is 0. The van der Waals surface area contributed by atoms with Crippen LogP contribution in [-0.2, 0) is 0 Å². The van der Waals surface area contributed by atoms with E-state index in [-0.39, 0.29) is 0 Å². The Kier molecular flexibility index (Phi) is 5.49. The third kappa shape index (κ3) is 3.93.